The van der Waals surface area contributed by atoms with E-state index >= 15 is 0 Å². The first-order valence-electron chi connectivity index (χ1n) is 8.52. The summed E-state index contributed by atoms with van der Waals surface area (Å²) in [5, 5.41) is 2.76. The van der Waals surface area contributed by atoms with Gasteiger partial charge in [0.25, 0.3) is 5.91 Å². The zero-order valence-corrected chi connectivity index (χ0v) is 15.5. The van der Waals surface area contributed by atoms with E-state index in [1.54, 1.807) is 42.5 Å². The molecule has 142 valence electrons. The van der Waals surface area contributed by atoms with E-state index in [2.05, 4.69) is 5.32 Å². The van der Waals surface area contributed by atoms with Gasteiger partial charge >= 0.3 is 10.2 Å². The molecule has 0 radical (unpaired) electrons. The van der Waals surface area contributed by atoms with Gasteiger partial charge in [-0.1, -0.05) is 18.2 Å². The van der Waals surface area contributed by atoms with Gasteiger partial charge in [0.15, 0.2) is 11.5 Å². The Labute approximate surface area is 157 Å². The Kier molecular flexibility index (Phi) is 4.31. The fourth-order valence-electron chi connectivity index (χ4n) is 3.19. The summed E-state index contributed by atoms with van der Waals surface area (Å²) >= 11 is 0. The zero-order valence-electron chi connectivity index (χ0n) is 14.7. The van der Waals surface area contributed by atoms with Gasteiger partial charge in [0.05, 0.1) is 23.5 Å². The summed E-state index contributed by atoms with van der Waals surface area (Å²) in [6, 6.07) is 12.2. The van der Waals surface area contributed by atoms with Gasteiger partial charge in [0.2, 0.25) is 0 Å². The van der Waals surface area contributed by atoms with Crippen molar-refractivity contribution in [2.75, 3.05) is 42.0 Å². The first-order chi connectivity index (χ1) is 13.0. The van der Waals surface area contributed by atoms with Crippen LogP contribution in [0, 0.1) is 0 Å². The van der Waals surface area contributed by atoms with Crippen LogP contribution in [-0.4, -0.2) is 47.7 Å². The minimum atomic E-state index is -3.63. The standard InChI is InChI=1S/C18H19N3O5S/c1-20-14-6-2-3-7-15(14)21(27(20,23)24)10-9-19-18(22)13-5-4-8-16-17(13)26-12-11-25-16/h2-8H,9-12H2,1H3,(H,19,22). The minimum absolute atomic E-state index is 0.127. The number of benzene rings is 2. The molecular weight excluding hydrogens is 370 g/mol. The maximum absolute atomic E-state index is 12.6. The third-order valence-electron chi connectivity index (χ3n) is 4.53. The number of nitrogens with one attached hydrogen (secondary N) is 1. The van der Waals surface area contributed by atoms with Crippen molar-refractivity contribution >= 4 is 27.5 Å². The topological polar surface area (TPSA) is 88.2 Å². The maximum atomic E-state index is 12.6. The first-order valence-corrected chi connectivity index (χ1v) is 9.92. The van der Waals surface area contributed by atoms with Gasteiger partial charge < -0.3 is 14.8 Å². The van der Waals surface area contributed by atoms with Crippen LogP contribution in [0.25, 0.3) is 0 Å². The summed E-state index contributed by atoms with van der Waals surface area (Å²) in [7, 11) is -2.12. The number of hydrogen-bond acceptors (Lipinski definition) is 5. The van der Waals surface area contributed by atoms with Crippen molar-refractivity contribution < 1.29 is 22.7 Å². The molecule has 2 aromatic rings. The molecule has 0 saturated heterocycles. The number of para-hydroxylation sites is 3. The van der Waals surface area contributed by atoms with Crippen LogP contribution in [-0.2, 0) is 10.2 Å². The zero-order chi connectivity index (χ0) is 19.0. The fraction of sp³-hybridized carbons (Fsp3) is 0.278. The van der Waals surface area contributed by atoms with Crippen molar-refractivity contribution in [2.45, 2.75) is 0 Å². The second-order valence-electron chi connectivity index (χ2n) is 6.12. The average molecular weight is 389 g/mol. The number of carbonyl (C=O) groups excluding carboxylic acids is 1. The van der Waals surface area contributed by atoms with Gasteiger partial charge in [0, 0.05) is 13.6 Å². The van der Waals surface area contributed by atoms with Gasteiger partial charge in [-0.15, -0.1) is 0 Å². The molecule has 2 heterocycles. The lowest BCUT2D eigenvalue weighted by Crippen LogP contribution is -2.40. The van der Waals surface area contributed by atoms with E-state index in [1.807, 2.05) is 0 Å². The van der Waals surface area contributed by atoms with Crippen molar-refractivity contribution in [3.8, 4) is 11.5 Å². The van der Waals surface area contributed by atoms with Crippen LogP contribution in [0.3, 0.4) is 0 Å². The molecule has 1 N–H and O–H groups in total. The molecule has 0 fully saturated rings. The molecule has 0 unspecified atom stereocenters. The summed E-state index contributed by atoms with van der Waals surface area (Å²) in [5.74, 6) is 0.613. The average Bonchev–Trinajstić information content (AvgIpc) is 2.88. The summed E-state index contributed by atoms with van der Waals surface area (Å²) < 4.78 is 38.7. The second-order valence-corrected chi connectivity index (χ2v) is 8.01. The Morgan fingerprint density at radius 1 is 1.07 bits per heavy atom. The normalized spacial score (nSPS) is 16.8. The lowest BCUT2D eigenvalue weighted by atomic mass is 10.1. The van der Waals surface area contributed by atoms with Crippen LogP contribution >= 0.6 is 0 Å². The number of fused-ring (bicyclic) bond motifs is 2. The lowest BCUT2D eigenvalue weighted by molar-refractivity contribution is 0.0943. The first kappa shape index (κ1) is 17.5. The predicted octanol–water partition coefficient (Wildman–Crippen LogP) is 1.39. The number of nitrogens with zero attached hydrogens (tertiary/aromatic N) is 2. The monoisotopic (exact) mass is 389 g/mol. The number of carbonyl (C=O) groups is 1. The maximum Gasteiger partial charge on any atom is 0.326 e. The molecule has 0 spiro atoms. The van der Waals surface area contributed by atoms with Gasteiger partial charge in [-0.05, 0) is 24.3 Å². The molecule has 0 aromatic heterocycles. The van der Waals surface area contributed by atoms with E-state index in [4.69, 9.17) is 9.47 Å². The van der Waals surface area contributed by atoms with Crippen LogP contribution < -0.4 is 23.4 Å². The Balaban J connectivity index is 1.47. The summed E-state index contributed by atoms with van der Waals surface area (Å²) in [4.78, 5) is 12.5. The van der Waals surface area contributed by atoms with Gasteiger partial charge in [-0.3, -0.25) is 9.10 Å². The van der Waals surface area contributed by atoms with Crippen LogP contribution in [0.2, 0.25) is 0 Å². The minimum Gasteiger partial charge on any atom is -0.486 e. The molecule has 27 heavy (non-hydrogen) atoms. The summed E-state index contributed by atoms with van der Waals surface area (Å²) in [5.41, 5.74) is 1.59. The molecule has 4 rings (SSSR count). The van der Waals surface area contributed by atoms with E-state index in [0.29, 0.717) is 41.7 Å². The number of hydrogen-bond donors (Lipinski definition) is 1. The lowest BCUT2D eigenvalue weighted by Gasteiger charge is -2.21. The fourth-order valence-corrected chi connectivity index (χ4v) is 4.62. The Morgan fingerprint density at radius 2 is 1.81 bits per heavy atom. The van der Waals surface area contributed by atoms with Gasteiger partial charge in [-0.2, -0.15) is 8.42 Å². The van der Waals surface area contributed by atoms with Crippen LogP contribution in [0.4, 0.5) is 11.4 Å². The number of rotatable bonds is 4. The van der Waals surface area contributed by atoms with Crippen LogP contribution in [0.15, 0.2) is 42.5 Å². The molecule has 0 aliphatic carbocycles. The van der Waals surface area contributed by atoms with Crippen molar-refractivity contribution in [3.05, 3.63) is 48.0 Å². The molecule has 1 amide bonds. The molecule has 0 saturated carbocycles. The Morgan fingerprint density at radius 3 is 2.63 bits per heavy atom. The Bertz CT molecular complexity index is 992. The molecule has 2 aliphatic heterocycles. The van der Waals surface area contributed by atoms with Gasteiger partial charge in [-0.25, -0.2) is 4.31 Å². The molecule has 8 nitrogen and oxygen atoms in total. The highest BCUT2D eigenvalue weighted by molar-refractivity contribution is 7.94. The largest absolute Gasteiger partial charge is 0.486 e. The predicted molar refractivity (Wildman–Crippen MR) is 101 cm³/mol. The van der Waals surface area contributed by atoms with Gasteiger partial charge in [0.1, 0.15) is 13.2 Å². The Hall–Kier alpha value is -2.94. The van der Waals surface area contributed by atoms with Crippen molar-refractivity contribution in [1.82, 2.24) is 5.32 Å². The van der Waals surface area contributed by atoms with E-state index in [1.165, 1.54) is 15.7 Å². The number of ether oxygens (including phenoxy) is 2. The SMILES string of the molecule is CN1c2ccccc2N(CCNC(=O)c2cccc3c2OCCO3)S1(=O)=O. The van der Waals surface area contributed by atoms with Crippen molar-refractivity contribution in [1.29, 1.82) is 0 Å². The second kappa shape index (κ2) is 6.66. The molecule has 0 atom stereocenters. The van der Waals surface area contributed by atoms with E-state index in [-0.39, 0.29) is 19.0 Å². The molecule has 2 aromatic carbocycles. The smallest absolute Gasteiger partial charge is 0.326 e. The van der Waals surface area contributed by atoms with Crippen molar-refractivity contribution in [2.24, 2.45) is 0 Å². The van der Waals surface area contributed by atoms with E-state index < -0.39 is 10.2 Å². The van der Waals surface area contributed by atoms with E-state index in [0.717, 1.165) is 0 Å². The van der Waals surface area contributed by atoms with Crippen LogP contribution in [0.1, 0.15) is 10.4 Å². The number of anilines is 2. The van der Waals surface area contributed by atoms with E-state index in [9.17, 15) is 13.2 Å². The van der Waals surface area contributed by atoms with Crippen molar-refractivity contribution in [3.63, 3.8) is 0 Å². The molecule has 9 heteroatoms. The highest BCUT2D eigenvalue weighted by Crippen LogP contribution is 2.39. The molecular formula is C18H19N3O5S. The highest BCUT2D eigenvalue weighted by Gasteiger charge is 2.37. The highest BCUT2D eigenvalue weighted by atomic mass is 32.2. The summed E-state index contributed by atoms with van der Waals surface area (Å²) in [6.07, 6.45) is 0. The number of amides is 1. The van der Waals surface area contributed by atoms with Crippen LogP contribution in [0.5, 0.6) is 11.5 Å². The molecule has 2 aliphatic rings. The summed E-state index contributed by atoms with van der Waals surface area (Å²) in [6.45, 7) is 1.11. The third-order valence-corrected chi connectivity index (χ3v) is 6.35. The molecule has 0 bridgehead atoms. The quantitative estimate of drug-likeness (QED) is 0.854. The third kappa shape index (κ3) is 2.93.